The molecule has 0 amide bonds. The van der Waals surface area contributed by atoms with Crippen LogP contribution in [0.1, 0.15) is 25.0 Å². The third-order valence-corrected chi connectivity index (χ3v) is 3.52. The molecule has 84 valence electrons. The Labute approximate surface area is 94.6 Å². The van der Waals surface area contributed by atoms with Gasteiger partial charge in [0.25, 0.3) is 0 Å². The van der Waals surface area contributed by atoms with Gasteiger partial charge in [0.15, 0.2) is 0 Å². The molecule has 0 radical (unpaired) electrons. The number of aromatic nitrogens is 2. The van der Waals surface area contributed by atoms with Crippen LogP contribution < -0.4 is 5.73 Å². The maximum absolute atomic E-state index is 5.60. The molecule has 1 aromatic rings. The average Bonchev–Trinajstić information content (AvgIpc) is 2.71. The molecule has 1 atom stereocenters. The summed E-state index contributed by atoms with van der Waals surface area (Å²) < 4.78 is 3.89. The van der Waals surface area contributed by atoms with E-state index >= 15 is 0 Å². The lowest BCUT2D eigenvalue weighted by atomic mass is 9.95. The summed E-state index contributed by atoms with van der Waals surface area (Å²) in [6, 6.07) is 0. The van der Waals surface area contributed by atoms with Gasteiger partial charge in [0.05, 0.1) is 5.69 Å². The van der Waals surface area contributed by atoms with E-state index in [-0.39, 0.29) is 0 Å². The van der Waals surface area contributed by atoms with Crippen LogP contribution in [-0.4, -0.2) is 34.1 Å². The molecule has 1 aliphatic heterocycles. The highest BCUT2D eigenvalue weighted by atomic mass is 32.1. The highest BCUT2D eigenvalue weighted by molar-refractivity contribution is 7.03. The van der Waals surface area contributed by atoms with E-state index in [4.69, 9.17) is 5.73 Å². The van der Waals surface area contributed by atoms with Crippen LogP contribution >= 0.6 is 11.5 Å². The molecule has 0 saturated carbocycles. The van der Waals surface area contributed by atoms with Gasteiger partial charge >= 0.3 is 0 Å². The van der Waals surface area contributed by atoms with E-state index in [1.807, 2.05) is 5.38 Å². The lowest BCUT2D eigenvalue weighted by Crippen LogP contribution is -2.35. The van der Waals surface area contributed by atoms with Crippen LogP contribution in [0.3, 0.4) is 0 Å². The zero-order valence-corrected chi connectivity index (χ0v) is 9.75. The molecule has 5 heteroatoms. The molecule has 2 rings (SSSR count). The summed E-state index contributed by atoms with van der Waals surface area (Å²) in [6.07, 6.45) is 3.79. The van der Waals surface area contributed by atoms with Crippen LogP contribution in [0.25, 0.3) is 0 Å². The second kappa shape index (κ2) is 5.53. The van der Waals surface area contributed by atoms with Gasteiger partial charge in [-0.3, -0.25) is 4.90 Å². The van der Waals surface area contributed by atoms with Crippen molar-refractivity contribution in [2.75, 3.05) is 19.6 Å². The molecule has 2 N–H and O–H groups in total. The minimum Gasteiger partial charge on any atom is -0.330 e. The number of nitrogens with zero attached hydrogens (tertiary/aromatic N) is 3. The van der Waals surface area contributed by atoms with Crippen LogP contribution in [0.15, 0.2) is 5.38 Å². The first-order chi connectivity index (χ1) is 7.38. The van der Waals surface area contributed by atoms with E-state index in [2.05, 4.69) is 14.5 Å². The van der Waals surface area contributed by atoms with Gasteiger partial charge in [0, 0.05) is 18.5 Å². The Hall–Kier alpha value is -0.520. The van der Waals surface area contributed by atoms with Crippen LogP contribution in [0.2, 0.25) is 0 Å². The third-order valence-electron chi connectivity index (χ3n) is 2.97. The molecule has 0 spiro atoms. The van der Waals surface area contributed by atoms with Gasteiger partial charge in [0.1, 0.15) is 0 Å². The summed E-state index contributed by atoms with van der Waals surface area (Å²) >= 11 is 1.43. The molecule has 1 unspecified atom stereocenters. The predicted octanol–water partition coefficient (Wildman–Crippen LogP) is 1.10. The van der Waals surface area contributed by atoms with E-state index in [1.54, 1.807) is 0 Å². The molecule has 1 aromatic heterocycles. The minimum atomic E-state index is 0.787. The summed E-state index contributed by atoms with van der Waals surface area (Å²) in [6.45, 7) is 4.14. The highest BCUT2D eigenvalue weighted by Crippen LogP contribution is 2.20. The fourth-order valence-corrected chi connectivity index (χ4v) is 2.69. The van der Waals surface area contributed by atoms with Crippen LogP contribution in [0.4, 0.5) is 0 Å². The quantitative estimate of drug-likeness (QED) is 0.835. The van der Waals surface area contributed by atoms with Gasteiger partial charge < -0.3 is 5.73 Å². The molecular weight excluding hydrogens is 208 g/mol. The van der Waals surface area contributed by atoms with E-state index in [9.17, 15) is 0 Å². The average molecular weight is 226 g/mol. The summed E-state index contributed by atoms with van der Waals surface area (Å²) in [4.78, 5) is 2.47. The van der Waals surface area contributed by atoms with E-state index < -0.39 is 0 Å². The van der Waals surface area contributed by atoms with Crippen LogP contribution in [-0.2, 0) is 6.54 Å². The lowest BCUT2D eigenvalue weighted by molar-refractivity contribution is 0.161. The van der Waals surface area contributed by atoms with Gasteiger partial charge in [-0.25, -0.2) is 0 Å². The van der Waals surface area contributed by atoms with Gasteiger partial charge in [-0.1, -0.05) is 4.49 Å². The standard InChI is InChI=1S/C10H18N4S/c11-4-3-9-2-1-5-14(6-9)7-10-8-15-13-12-10/h8-9H,1-7,11H2. The first kappa shape index (κ1) is 11.0. The van der Waals surface area contributed by atoms with Crippen LogP contribution in [0.5, 0.6) is 0 Å². The smallest absolute Gasteiger partial charge is 0.0895 e. The maximum atomic E-state index is 5.60. The van der Waals surface area contributed by atoms with Crippen molar-refractivity contribution in [2.24, 2.45) is 11.7 Å². The summed E-state index contributed by atoms with van der Waals surface area (Å²) in [5, 5.41) is 6.12. The first-order valence-electron chi connectivity index (χ1n) is 5.57. The highest BCUT2D eigenvalue weighted by Gasteiger charge is 2.19. The number of nitrogens with two attached hydrogens (primary N) is 1. The van der Waals surface area contributed by atoms with Crippen molar-refractivity contribution in [1.29, 1.82) is 0 Å². The summed E-state index contributed by atoms with van der Waals surface area (Å²) in [5.74, 6) is 0.787. The molecule has 4 nitrogen and oxygen atoms in total. The second-order valence-corrected chi connectivity index (χ2v) is 4.83. The number of hydrogen-bond acceptors (Lipinski definition) is 5. The largest absolute Gasteiger partial charge is 0.330 e. The Kier molecular flexibility index (Phi) is 4.05. The number of hydrogen-bond donors (Lipinski definition) is 1. The molecule has 0 bridgehead atoms. The van der Waals surface area contributed by atoms with Gasteiger partial charge in [0.2, 0.25) is 0 Å². The normalized spacial score (nSPS) is 23.1. The molecular formula is C10H18N4S. The predicted molar refractivity (Wildman–Crippen MR) is 61.6 cm³/mol. The van der Waals surface area contributed by atoms with Crippen molar-refractivity contribution < 1.29 is 0 Å². The Balaban J connectivity index is 1.82. The zero-order chi connectivity index (χ0) is 10.5. The number of likely N-dealkylation sites (tertiary alicyclic amines) is 1. The molecule has 1 fully saturated rings. The number of rotatable bonds is 4. The zero-order valence-electron chi connectivity index (χ0n) is 8.93. The van der Waals surface area contributed by atoms with Crippen molar-refractivity contribution in [1.82, 2.24) is 14.5 Å². The van der Waals surface area contributed by atoms with Crippen LogP contribution in [0, 0.1) is 5.92 Å². The molecule has 0 aromatic carbocycles. The Morgan fingerprint density at radius 1 is 1.60 bits per heavy atom. The molecule has 1 saturated heterocycles. The fourth-order valence-electron chi connectivity index (χ4n) is 2.25. The van der Waals surface area contributed by atoms with Crippen molar-refractivity contribution >= 4 is 11.5 Å². The first-order valence-corrected chi connectivity index (χ1v) is 6.40. The van der Waals surface area contributed by atoms with E-state index in [0.717, 1.165) is 31.1 Å². The molecule has 15 heavy (non-hydrogen) atoms. The lowest BCUT2D eigenvalue weighted by Gasteiger charge is -2.31. The van der Waals surface area contributed by atoms with E-state index in [0.29, 0.717) is 0 Å². The van der Waals surface area contributed by atoms with Crippen molar-refractivity contribution in [3.63, 3.8) is 0 Å². The van der Waals surface area contributed by atoms with E-state index in [1.165, 1.54) is 37.5 Å². The summed E-state index contributed by atoms with van der Waals surface area (Å²) in [7, 11) is 0. The fraction of sp³-hybridized carbons (Fsp3) is 0.800. The van der Waals surface area contributed by atoms with Gasteiger partial charge in [-0.15, -0.1) is 5.10 Å². The molecule has 2 heterocycles. The van der Waals surface area contributed by atoms with Crippen molar-refractivity contribution in [2.45, 2.75) is 25.8 Å². The Morgan fingerprint density at radius 3 is 3.27 bits per heavy atom. The maximum Gasteiger partial charge on any atom is 0.0895 e. The minimum absolute atomic E-state index is 0.787. The molecule has 1 aliphatic rings. The third kappa shape index (κ3) is 3.22. The summed E-state index contributed by atoms with van der Waals surface area (Å²) in [5.41, 5.74) is 6.71. The van der Waals surface area contributed by atoms with Gasteiger partial charge in [-0.2, -0.15) is 0 Å². The Morgan fingerprint density at radius 2 is 2.53 bits per heavy atom. The van der Waals surface area contributed by atoms with Crippen molar-refractivity contribution in [3.05, 3.63) is 11.1 Å². The second-order valence-electron chi connectivity index (χ2n) is 4.22. The van der Waals surface area contributed by atoms with Crippen molar-refractivity contribution in [3.8, 4) is 0 Å². The number of piperidine rings is 1. The topological polar surface area (TPSA) is 55.0 Å². The SMILES string of the molecule is NCCC1CCCN(Cc2csnn2)C1. The van der Waals surface area contributed by atoms with Gasteiger partial charge in [-0.05, 0) is 49.8 Å². The molecule has 0 aliphatic carbocycles. The Bertz CT molecular complexity index is 273. The monoisotopic (exact) mass is 226 g/mol.